The molecule has 0 aromatic heterocycles. The molecule has 17 heavy (non-hydrogen) atoms. The fourth-order valence-electron chi connectivity index (χ4n) is 3.15. The second-order valence-electron chi connectivity index (χ2n) is 5.21. The van der Waals surface area contributed by atoms with Crippen molar-refractivity contribution in [2.45, 2.75) is 25.3 Å². The van der Waals surface area contributed by atoms with Gasteiger partial charge in [0.05, 0.1) is 5.92 Å². The van der Waals surface area contributed by atoms with Crippen LogP contribution in [0.2, 0.25) is 0 Å². The number of fused-ring (bicyclic) bond motifs is 1. The fraction of sp³-hybridized carbons (Fsp3) is 0.500. The highest BCUT2D eigenvalue weighted by molar-refractivity contribution is 5.77. The van der Waals surface area contributed by atoms with Crippen LogP contribution in [0.5, 0.6) is 0 Å². The van der Waals surface area contributed by atoms with Crippen LogP contribution in [-0.2, 0) is 17.6 Å². The third-order valence-electron chi connectivity index (χ3n) is 4.17. The Morgan fingerprint density at radius 3 is 2.41 bits per heavy atom. The lowest BCUT2D eigenvalue weighted by atomic mass is 10.1. The van der Waals surface area contributed by atoms with Gasteiger partial charge in [-0.1, -0.05) is 24.3 Å². The minimum atomic E-state index is -0.136. The molecule has 3 nitrogen and oxygen atoms in total. The fourth-order valence-corrected chi connectivity index (χ4v) is 3.15. The van der Waals surface area contributed by atoms with Crippen molar-refractivity contribution < 1.29 is 4.79 Å². The van der Waals surface area contributed by atoms with Crippen molar-refractivity contribution >= 4 is 5.91 Å². The second-order valence-corrected chi connectivity index (χ2v) is 5.21. The molecular formula is C14H18N2O. The van der Waals surface area contributed by atoms with Crippen LogP contribution in [0.25, 0.3) is 0 Å². The van der Waals surface area contributed by atoms with E-state index >= 15 is 0 Å². The predicted molar refractivity (Wildman–Crippen MR) is 66.5 cm³/mol. The SMILES string of the molecule is NC(=O)[C@H]1CCN(C2Cc3ccccc3C2)C1. The number of benzene rings is 1. The predicted octanol–water partition coefficient (Wildman–Crippen LogP) is 0.961. The minimum Gasteiger partial charge on any atom is -0.369 e. The third-order valence-corrected chi connectivity index (χ3v) is 4.17. The molecule has 3 rings (SSSR count). The molecule has 1 aromatic carbocycles. The number of primary amides is 1. The summed E-state index contributed by atoms with van der Waals surface area (Å²) in [5.74, 6) is -0.0678. The average Bonchev–Trinajstić information content (AvgIpc) is 2.95. The summed E-state index contributed by atoms with van der Waals surface area (Å²) in [6.45, 7) is 1.88. The molecule has 0 saturated carbocycles. The Balaban J connectivity index is 1.68. The summed E-state index contributed by atoms with van der Waals surface area (Å²) >= 11 is 0. The summed E-state index contributed by atoms with van der Waals surface area (Å²) in [6.07, 6.45) is 3.19. The van der Waals surface area contributed by atoms with Gasteiger partial charge in [-0.15, -0.1) is 0 Å². The molecule has 1 fully saturated rings. The van der Waals surface area contributed by atoms with Gasteiger partial charge < -0.3 is 5.73 Å². The lowest BCUT2D eigenvalue weighted by Gasteiger charge is -2.23. The van der Waals surface area contributed by atoms with Gasteiger partial charge in [-0.2, -0.15) is 0 Å². The molecule has 0 bridgehead atoms. The van der Waals surface area contributed by atoms with Crippen LogP contribution in [0.3, 0.4) is 0 Å². The van der Waals surface area contributed by atoms with E-state index in [-0.39, 0.29) is 11.8 Å². The van der Waals surface area contributed by atoms with Crippen LogP contribution < -0.4 is 5.73 Å². The molecule has 0 unspecified atom stereocenters. The smallest absolute Gasteiger partial charge is 0.221 e. The zero-order valence-corrected chi connectivity index (χ0v) is 9.93. The van der Waals surface area contributed by atoms with E-state index < -0.39 is 0 Å². The van der Waals surface area contributed by atoms with Gasteiger partial charge in [0.25, 0.3) is 0 Å². The number of hydrogen-bond acceptors (Lipinski definition) is 2. The number of likely N-dealkylation sites (tertiary alicyclic amines) is 1. The lowest BCUT2D eigenvalue weighted by Crippen LogP contribution is -2.35. The standard InChI is InChI=1S/C14H18N2O/c15-14(17)12-5-6-16(9-12)13-7-10-3-1-2-4-11(10)8-13/h1-4,12-13H,5-9H2,(H2,15,17)/t12-/m0/s1. The molecule has 1 saturated heterocycles. The molecule has 1 amide bonds. The normalized spacial score (nSPS) is 25.1. The highest BCUT2D eigenvalue weighted by Crippen LogP contribution is 2.28. The van der Waals surface area contributed by atoms with Gasteiger partial charge in [-0.25, -0.2) is 0 Å². The van der Waals surface area contributed by atoms with Gasteiger partial charge in [-0.05, 0) is 36.9 Å². The molecule has 2 aliphatic rings. The number of hydrogen-bond donors (Lipinski definition) is 1. The number of nitrogens with zero attached hydrogens (tertiary/aromatic N) is 1. The number of amides is 1. The molecule has 2 N–H and O–H groups in total. The van der Waals surface area contributed by atoms with Crippen molar-refractivity contribution in [3.63, 3.8) is 0 Å². The summed E-state index contributed by atoms with van der Waals surface area (Å²) in [6, 6.07) is 9.24. The average molecular weight is 230 g/mol. The first-order valence-corrected chi connectivity index (χ1v) is 6.34. The maximum Gasteiger partial charge on any atom is 0.221 e. The third kappa shape index (κ3) is 1.95. The van der Waals surface area contributed by atoms with E-state index in [1.165, 1.54) is 11.1 Å². The molecule has 0 radical (unpaired) electrons. The van der Waals surface area contributed by atoms with Gasteiger partial charge in [0.1, 0.15) is 0 Å². The zero-order chi connectivity index (χ0) is 11.8. The zero-order valence-electron chi connectivity index (χ0n) is 9.93. The molecule has 1 aliphatic heterocycles. The molecule has 3 heteroatoms. The number of carbonyl (C=O) groups is 1. The minimum absolute atomic E-state index is 0.0683. The maximum absolute atomic E-state index is 11.2. The monoisotopic (exact) mass is 230 g/mol. The molecule has 0 spiro atoms. The van der Waals surface area contributed by atoms with Crippen molar-refractivity contribution in [3.05, 3.63) is 35.4 Å². The molecule has 1 heterocycles. The van der Waals surface area contributed by atoms with Gasteiger partial charge in [0.2, 0.25) is 5.91 Å². The summed E-state index contributed by atoms with van der Waals surface area (Å²) in [7, 11) is 0. The largest absolute Gasteiger partial charge is 0.369 e. The van der Waals surface area contributed by atoms with Crippen molar-refractivity contribution in [2.24, 2.45) is 11.7 Å². The number of carbonyl (C=O) groups excluding carboxylic acids is 1. The first-order chi connectivity index (χ1) is 8.24. The first kappa shape index (κ1) is 10.8. The Hall–Kier alpha value is -1.35. The van der Waals surface area contributed by atoms with Crippen LogP contribution in [0.15, 0.2) is 24.3 Å². The van der Waals surface area contributed by atoms with Crippen molar-refractivity contribution in [1.29, 1.82) is 0 Å². The summed E-state index contributed by atoms with van der Waals surface area (Å²) in [5.41, 5.74) is 8.32. The van der Waals surface area contributed by atoms with Crippen LogP contribution in [0.1, 0.15) is 17.5 Å². The highest BCUT2D eigenvalue weighted by Gasteiger charge is 2.33. The van der Waals surface area contributed by atoms with E-state index in [0.717, 1.165) is 32.4 Å². The topological polar surface area (TPSA) is 46.3 Å². The molecule has 1 atom stereocenters. The van der Waals surface area contributed by atoms with Crippen LogP contribution >= 0.6 is 0 Å². The maximum atomic E-state index is 11.2. The summed E-state index contributed by atoms with van der Waals surface area (Å²) in [5, 5.41) is 0. The Bertz CT molecular complexity index is 419. The summed E-state index contributed by atoms with van der Waals surface area (Å²) in [4.78, 5) is 13.6. The van der Waals surface area contributed by atoms with Gasteiger partial charge in [0.15, 0.2) is 0 Å². The second kappa shape index (κ2) is 4.15. The van der Waals surface area contributed by atoms with Crippen LogP contribution in [0.4, 0.5) is 0 Å². The Morgan fingerprint density at radius 1 is 1.24 bits per heavy atom. The molecule has 1 aromatic rings. The van der Waals surface area contributed by atoms with Crippen molar-refractivity contribution in [1.82, 2.24) is 4.90 Å². The van der Waals surface area contributed by atoms with Gasteiger partial charge >= 0.3 is 0 Å². The van der Waals surface area contributed by atoms with Crippen LogP contribution in [0, 0.1) is 5.92 Å². The van der Waals surface area contributed by atoms with E-state index in [2.05, 4.69) is 29.2 Å². The lowest BCUT2D eigenvalue weighted by molar-refractivity contribution is -0.121. The Labute approximate surface area is 102 Å². The first-order valence-electron chi connectivity index (χ1n) is 6.34. The Kier molecular flexibility index (Phi) is 2.63. The van der Waals surface area contributed by atoms with Gasteiger partial charge in [0, 0.05) is 12.6 Å². The summed E-state index contributed by atoms with van der Waals surface area (Å²) < 4.78 is 0. The highest BCUT2D eigenvalue weighted by atomic mass is 16.1. The van der Waals surface area contributed by atoms with E-state index in [1.807, 2.05) is 0 Å². The Morgan fingerprint density at radius 2 is 1.88 bits per heavy atom. The number of rotatable bonds is 2. The van der Waals surface area contributed by atoms with Crippen LogP contribution in [-0.4, -0.2) is 29.9 Å². The van der Waals surface area contributed by atoms with E-state index in [0.29, 0.717) is 6.04 Å². The van der Waals surface area contributed by atoms with E-state index in [4.69, 9.17) is 5.73 Å². The molecule has 1 aliphatic carbocycles. The van der Waals surface area contributed by atoms with E-state index in [9.17, 15) is 4.79 Å². The molecule has 90 valence electrons. The van der Waals surface area contributed by atoms with Gasteiger partial charge in [-0.3, -0.25) is 9.69 Å². The molecular weight excluding hydrogens is 212 g/mol. The number of nitrogens with two attached hydrogens (primary N) is 1. The van der Waals surface area contributed by atoms with E-state index in [1.54, 1.807) is 0 Å². The van der Waals surface area contributed by atoms with Crippen molar-refractivity contribution in [3.8, 4) is 0 Å². The van der Waals surface area contributed by atoms with Crippen molar-refractivity contribution in [2.75, 3.05) is 13.1 Å². The quantitative estimate of drug-likeness (QED) is 0.822.